The maximum Gasteiger partial charge on any atom is 0.322 e. The second-order valence-electron chi connectivity index (χ2n) is 6.02. The maximum atomic E-state index is 13.5. The Kier molecular flexibility index (Phi) is 4.69. The molecule has 0 aromatic heterocycles. The number of anilines is 1. The van der Waals surface area contributed by atoms with Crippen LogP contribution in [0.4, 0.5) is 14.9 Å². The van der Waals surface area contributed by atoms with Crippen LogP contribution in [0.25, 0.3) is 0 Å². The first kappa shape index (κ1) is 16.3. The van der Waals surface area contributed by atoms with Crippen molar-refractivity contribution < 1.29 is 13.9 Å². The van der Waals surface area contributed by atoms with Gasteiger partial charge >= 0.3 is 6.03 Å². The first-order valence-corrected chi connectivity index (χ1v) is 8.06. The minimum atomic E-state index is -0.273. The number of halogens is 1. The van der Waals surface area contributed by atoms with Crippen LogP contribution in [0.3, 0.4) is 0 Å². The van der Waals surface area contributed by atoms with Crippen molar-refractivity contribution in [2.75, 3.05) is 19.0 Å². The fourth-order valence-corrected chi connectivity index (χ4v) is 3.22. The van der Waals surface area contributed by atoms with Gasteiger partial charge in [0.1, 0.15) is 11.6 Å². The summed E-state index contributed by atoms with van der Waals surface area (Å²) in [4.78, 5) is 14.4. The zero-order chi connectivity index (χ0) is 17.1. The average molecular weight is 328 g/mol. The van der Waals surface area contributed by atoms with Gasteiger partial charge in [0, 0.05) is 12.2 Å². The van der Waals surface area contributed by atoms with Gasteiger partial charge in [0.05, 0.1) is 13.2 Å². The molecule has 1 aliphatic rings. The number of amides is 2. The molecule has 1 atom stereocenters. The van der Waals surface area contributed by atoms with E-state index in [-0.39, 0.29) is 17.9 Å². The Hall–Kier alpha value is -2.56. The lowest BCUT2D eigenvalue weighted by atomic mass is 10.0. The Morgan fingerprint density at radius 3 is 2.83 bits per heavy atom. The van der Waals surface area contributed by atoms with Crippen molar-refractivity contribution in [3.8, 4) is 5.75 Å². The molecule has 126 valence electrons. The van der Waals surface area contributed by atoms with E-state index in [4.69, 9.17) is 4.74 Å². The van der Waals surface area contributed by atoms with E-state index in [0.717, 1.165) is 35.4 Å². The number of aryl methyl sites for hydroxylation is 1. The lowest BCUT2D eigenvalue weighted by molar-refractivity contribution is 0.207. The first-order chi connectivity index (χ1) is 11.6. The SMILES string of the molecule is COc1ccc(NC(=O)N2CCCC2c2cccc(F)c2)cc1C. The van der Waals surface area contributed by atoms with Gasteiger partial charge in [-0.25, -0.2) is 9.18 Å². The predicted molar refractivity (Wildman–Crippen MR) is 91.8 cm³/mol. The molecule has 1 unspecified atom stereocenters. The maximum absolute atomic E-state index is 13.5. The van der Waals surface area contributed by atoms with Crippen molar-refractivity contribution in [3.63, 3.8) is 0 Å². The molecule has 2 aromatic rings. The van der Waals surface area contributed by atoms with Gasteiger partial charge in [-0.05, 0) is 61.2 Å². The Bertz CT molecular complexity index is 748. The molecule has 2 aromatic carbocycles. The number of methoxy groups -OCH3 is 1. The summed E-state index contributed by atoms with van der Waals surface area (Å²) in [7, 11) is 1.62. The Morgan fingerprint density at radius 2 is 2.12 bits per heavy atom. The number of ether oxygens (including phenoxy) is 1. The number of hydrogen-bond acceptors (Lipinski definition) is 2. The molecule has 0 bridgehead atoms. The smallest absolute Gasteiger partial charge is 0.322 e. The van der Waals surface area contributed by atoms with E-state index >= 15 is 0 Å². The van der Waals surface area contributed by atoms with E-state index in [2.05, 4.69) is 5.32 Å². The number of carbonyl (C=O) groups is 1. The van der Waals surface area contributed by atoms with Crippen LogP contribution < -0.4 is 10.1 Å². The van der Waals surface area contributed by atoms with Crippen molar-refractivity contribution in [1.29, 1.82) is 0 Å². The van der Waals surface area contributed by atoms with Crippen LogP contribution in [-0.4, -0.2) is 24.6 Å². The summed E-state index contributed by atoms with van der Waals surface area (Å²) >= 11 is 0. The standard InChI is InChI=1S/C19H21FN2O2/c1-13-11-16(8-9-18(13)24-2)21-19(23)22-10-4-7-17(22)14-5-3-6-15(20)12-14/h3,5-6,8-9,11-12,17H,4,7,10H2,1-2H3,(H,21,23). The molecule has 0 saturated carbocycles. The lowest BCUT2D eigenvalue weighted by Crippen LogP contribution is -2.34. The Morgan fingerprint density at radius 1 is 1.29 bits per heavy atom. The van der Waals surface area contributed by atoms with Gasteiger partial charge in [0.25, 0.3) is 0 Å². The van der Waals surface area contributed by atoms with Gasteiger partial charge in [-0.2, -0.15) is 0 Å². The summed E-state index contributed by atoms with van der Waals surface area (Å²) in [5.41, 5.74) is 2.52. The number of urea groups is 1. The summed E-state index contributed by atoms with van der Waals surface area (Å²) in [6, 6.07) is 11.8. The lowest BCUT2D eigenvalue weighted by Gasteiger charge is -2.25. The minimum Gasteiger partial charge on any atom is -0.496 e. The van der Waals surface area contributed by atoms with Crippen LogP contribution in [-0.2, 0) is 0 Å². The normalized spacial score (nSPS) is 17.0. The van der Waals surface area contributed by atoms with Gasteiger partial charge < -0.3 is 15.0 Å². The molecule has 1 heterocycles. The van der Waals surface area contributed by atoms with Gasteiger partial charge in [0.2, 0.25) is 0 Å². The third-order valence-corrected chi connectivity index (χ3v) is 4.39. The van der Waals surface area contributed by atoms with Gasteiger partial charge in [0.15, 0.2) is 0 Å². The van der Waals surface area contributed by atoms with Gasteiger partial charge in [-0.1, -0.05) is 12.1 Å². The van der Waals surface area contributed by atoms with E-state index < -0.39 is 0 Å². The van der Waals surface area contributed by atoms with Gasteiger partial charge in [-0.3, -0.25) is 0 Å². The largest absolute Gasteiger partial charge is 0.496 e. The van der Waals surface area contributed by atoms with E-state index in [1.165, 1.54) is 12.1 Å². The predicted octanol–water partition coefficient (Wildman–Crippen LogP) is 4.51. The van der Waals surface area contributed by atoms with Crippen LogP contribution in [0, 0.1) is 12.7 Å². The van der Waals surface area contributed by atoms with E-state index in [1.54, 1.807) is 18.1 Å². The van der Waals surface area contributed by atoms with Crippen LogP contribution >= 0.6 is 0 Å². The first-order valence-electron chi connectivity index (χ1n) is 8.06. The third-order valence-electron chi connectivity index (χ3n) is 4.39. The quantitative estimate of drug-likeness (QED) is 0.900. The van der Waals surface area contributed by atoms with Crippen molar-refractivity contribution in [1.82, 2.24) is 4.90 Å². The number of nitrogens with zero attached hydrogens (tertiary/aromatic N) is 1. The molecule has 1 saturated heterocycles. The average Bonchev–Trinajstić information content (AvgIpc) is 3.05. The van der Waals surface area contributed by atoms with Crippen molar-refractivity contribution in [2.24, 2.45) is 0 Å². The summed E-state index contributed by atoms with van der Waals surface area (Å²) in [6.45, 7) is 2.60. The summed E-state index contributed by atoms with van der Waals surface area (Å²) in [6.07, 6.45) is 1.76. The summed E-state index contributed by atoms with van der Waals surface area (Å²) in [5, 5.41) is 2.93. The number of benzene rings is 2. The number of carbonyl (C=O) groups excluding carboxylic acids is 1. The molecule has 0 radical (unpaired) electrons. The highest BCUT2D eigenvalue weighted by Crippen LogP contribution is 2.33. The molecule has 0 aliphatic carbocycles. The molecule has 3 rings (SSSR count). The highest BCUT2D eigenvalue weighted by Gasteiger charge is 2.30. The Labute approximate surface area is 141 Å². The Balaban J connectivity index is 1.75. The van der Waals surface area contributed by atoms with E-state index in [1.807, 2.05) is 31.2 Å². The highest BCUT2D eigenvalue weighted by molar-refractivity contribution is 5.90. The molecule has 4 nitrogen and oxygen atoms in total. The van der Waals surface area contributed by atoms with E-state index in [0.29, 0.717) is 6.54 Å². The number of nitrogens with one attached hydrogen (secondary N) is 1. The molecule has 0 spiro atoms. The second kappa shape index (κ2) is 6.91. The fourth-order valence-electron chi connectivity index (χ4n) is 3.22. The second-order valence-corrected chi connectivity index (χ2v) is 6.02. The third kappa shape index (κ3) is 3.35. The summed E-state index contributed by atoms with van der Waals surface area (Å²) < 4.78 is 18.7. The number of rotatable bonds is 3. The van der Waals surface area contributed by atoms with Crippen LogP contribution in [0.5, 0.6) is 5.75 Å². The minimum absolute atomic E-state index is 0.0833. The molecular formula is C19H21FN2O2. The van der Waals surface area contributed by atoms with E-state index in [9.17, 15) is 9.18 Å². The van der Waals surface area contributed by atoms with Crippen molar-refractivity contribution >= 4 is 11.7 Å². The zero-order valence-electron chi connectivity index (χ0n) is 13.9. The number of hydrogen-bond donors (Lipinski definition) is 1. The van der Waals surface area contributed by atoms with Crippen LogP contribution in [0.1, 0.15) is 30.0 Å². The number of likely N-dealkylation sites (tertiary alicyclic amines) is 1. The molecule has 2 amide bonds. The van der Waals surface area contributed by atoms with Crippen molar-refractivity contribution in [3.05, 3.63) is 59.4 Å². The van der Waals surface area contributed by atoms with Crippen LogP contribution in [0.2, 0.25) is 0 Å². The molecule has 24 heavy (non-hydrogen) atoms. The fraction of sp³-hybridized carbons (Fsp3) is 0.316. The monoisotopic (exact) mass is 328 g/mol. The topological polar surface area (TPSA) is 41.6 Å². The molecule has 1 aliphatic heterocycles. The molecule has 5 heteroatoms. The molecular weight excluding hydrogens is 307 g/mol. The molecule has 1 N–H and O–H groups in total. The van der Waals surface area contributed by atoms with Crippen LogP contribution in [0.15, 0.2) is 42.5 Å². The zero-order valence-corrected chi connectivity index (χ0v) is 13.9. The van der Waals surface area contributed by atoms with Crippen molar-refractivity contribution in [2.45, 2.75) is 25.8 Å². The molecule has 1 fully saturated rings. The highest BCUT2D eigenvalue weighted by atomic mass is 19.1. The summed E-state index contributed by atoms with van der Waals surface area (Å²) in [5.74, 6) is 0.511. The van der Waals surface area contributed by atoms with Gasteiger partial charge in [-0.15, -0.1) is 0 Å².